The molecule has 0 atom stereocenters. The van der Waals surface area contributed by atoms with Crippen molar-refractivity contribution in [1.29, 1.82) is 0 Å². The summed E-state index contributed by atoms with van der Waals surface area (Å²) in [6, 6.07) is 76.5. The van der Waals surface area contributed by atoms with E-state index in [0.29, 0.717) is 0 Å². The standard InChI is InChI=1S/2C14H14OSi.2C14H16OSi.C10H22Si.2C8H20OSi.C4H12OSi/c2*1-15-16(2)13-9-5-3-7-11(13)12-8-4-6-10-14(12)16;2*1-15-16(2,13-9-5-3-6-10-13)14-11-7-4-8-12-14;1-10(11(2,3)4)8-6-5-7-9-10;2*1-7(2)10(6,9-5)8(3)4;1-5-6(2,3)4/h2*3-10H,1-2H3;2*3-12H,1-2H3;5-9H2,1-4H3;2*7-8H,1-6H3;1-4H3. The molecule has 0 spiro atoms. The van der Waals surface area contributed by atoms with Crippen LogP contribution in [0.4, 0.5) is 0 Å². The van der Waals surface area contributed by atoms with E-state index in [1.54, 1.807) is 7.11 Å². The number of hydrogen-bond donors (Lipinski definition) is 0. The Kier molecular flexibility index (Phi) is 35.2. The zero-order chi connectivity index (χ0) is 75.7. The molecule has 0 saturated heterocycles. The molecule has 101 heavy (non-hydrogen) atoms. The minimum absolute atomic E-state index is 0.720. The molecule has 15 heteroatoms. The smallest absolute Gasteiger partial charge is 0.253 e. The van der Waals surface area contributed by atoms with Gasteiger partial charge in [-0.1, -0.05) is 332 Å². The molecule has 1 saturated carbocycles. The number of hydrogen-bond acceptors (Lipinski definition) is 7. The average molecular weight is 1500 g/mol. The van der Waals surface area contributed by atoms with Crippen LogP contribution in [0.2, 0.25) is 106 Å². The van der Waals surface area contributed by atoms with Crippen molar-refractivity contribution in [1.82, 2.24) is 0 Å². The van der Waals surface area contributed by atoms with Gasteiger partial charge in [-0.05, 0) is 150 Å². The maximum absolute atomic E-state index is 5.89. The zero-order valence-electron chi connectivity index (χ0n) is 68.0. The lowest BCUT2D eigenvalue weighted by Crippen LogP contribution is -2.57. The molecule has 2 heterocycles. The number of rotatable bonds is 16. The maximum atomic E-state index is 5.89. The normalized spacial score (nSPS) is 14.6. The highest BCUT2D eigenvalue weighted by atomic mass is 28.4. The molecule has 8 aromatic carbocycles. The van der Waals surface area contributed by atoms with Gasteiger partial charge in [0, 0.05) is 49.8 Å². The third-order valence-electron chi connectivity index (χ3n) is 23.1. The van der Waals surface area contributed by atoms with Gasteiger partial charge < -0.3 is 31.0 Å². The van der Waals surface area contributed by atoms with Gasteiger partial charge in [0.05, 0.1) is 8.07 Å². The van der Waals surface area contributed by atoms with Crippen molar-refractivity contribution in [3.63, 3.8) is 0 Å². The molecule has 1 fully saturated rings. The second-order valence-electron chi connectivity index (χ2n) is 31.7. The fourth-order valence-electron chi connectivity index (χ4n) is 13.5. The molecule has 0 amide bonds. The van der Waals surface area contributed by atoms with Crippen molar-refractivity contribution in [3.05, 3.63) is 218 Å². The molecule has 0 unspecified atom stereocenters. The predicted molar refractivity (Wildman–Crippen MR) is 464 cm³/mol. The van der Waals surface area contributed by atoms with Crippen molar-refractivity contribution in [2.24, 2.45) is 0 Å². The Morgan fingerprint density at radius 2 is 0.505 bits per heavy atom. The molecule has 1 aliphatic carbocycles. The first kappa shape index (κ1) is 88.6. The van der Waals surface area contributed by atoms with Gasteiger partial charge in [-0.15, -0.1) is 0 Å². The SMILES string of the molecule is CC1([Si](C)(C)C)CCCCC1.CO[Si](C)(C(C)C)C(C)C.CO[Si](C)(C(C)C)C(C)C.CO[Si](C)(C)C.CO[Si](C)(c1ccccc1)c1ccccc1.CO[Si](C)(c1ccccc1)c1ccccc1.CO[Si]1(C)c2ccccc2-c2ccccc21.CO[Si]1(C)c2ccccc2-c2ccccc21. The minimum atomic E-state index is -1.98. The molecule has 0 radical (unpaired) electrons. The number of benzene rings is 8. The van der Waals surface area contributed by atoms with Gasteiger partial charge in [0.1, 0.15) is 0 Å². The van der Waals surface area contributed by atoms with Gasteiger partial charge >= 0.3 is 0 Å². The highest BCUT2D eigenvalue weighted by Crippen LogP contribution is 2.50. The van der Waals surface area contributed by atoms with E-state index in [-0.39, 0.29) is 0 Å². The lowest BCUT2D eigenvalue weighted by Gasteiger charge is -2.43. The minimum Gasteiger partial charge on any atom is -0.421 e. The van der Waals surface area contributed by atoms with Crippen LogP contribution >= 0.6 is 0 Å². The summed E-state index contributed by atoms with van der Waals surface area (Å²) in [4.78, 5) is 0. The number of fused-ring (bicyclic) bond motifs is 6. The van der Waals surface area contributed by atoms with Gasteiger partial charge in [0.2, 0.25) is 0 Å². The van der Waals surface area contributed by atoms with E-state index in [1.807, 2.05) is 66.9 Å². The van der Waals surface area contributed by atoms with E-state index in [1.165, 1.54) is 95.9 Å². The van der Waals surface area contributed by atoms with Crippen molar-refractivity contribution in [2.45, 2.75) is 200 Å². The molecule has 7 nitrogen and oxygen atoms in total. The topological polar surface area (TPSA) is 64.6 Å². The maximum Gasteiger partial charge on any atom is 0.253 e. The monoisotopic (exact) mass is 1500 g/mol. The third kappa shape index (κ3) is 22.6. The first-order valence-electron chi connectivity index (χ1n) is 37.0. The van der Waals surface area contributed by atoms with E-state index in [0.717, 1.165) is 27.2 Å². The van der Waals surface area contributed by atoms with Crippen LogP contribution in [-0.4, -0.2) is 116 Å². The summed E-state index contributed by atoms with van der Waals surface area (Å²) in [6.45, 7) is 48.3. The Morgan fingerprint density at radius 3 is 0.653 bits per heavy atom. The Hall–Kier alpha value is -4.78. The predicted octanol–water partition coefficient (Wildman–Crippen LogP) is 19.6. The van der Waals surface area contributed by atoms with Crippen LogP contribution < -0.4 is 41.5 Å². The summed E-state index contributed by atoms with van der Waals surface area (Å²) < 4.78 is 39.8. The molecule has 2 aliphatic heterocycles. The van der Waals surface area contributed by atoms with Crippen molar-refractivity contribution in [3.8, 4) is 22.3 Å². The Bertz CT molecular complexity index is 3240. The summed E-state index contributed by atoms with van der Waals surface area (Å²) in [5.41, 5.74) is 8.30. The van der Waals surface area contributed by atoms with E-state index in [9.17, 15) is 0 Å². The molecule has 3 aliphatic rings. The fourth-order valence-corrected chi connectivity index (χ4v) is 30.8. The Morgan fingerprint density at radius 1 is 0.297 bits per heavy atom. The van der Waals surface area contributed by atoms with Gasteiger partial charge in [0.25, 0.3) is 33.3 Å². The summed E-state index contributed by atoms with van der Waals surface area (Å²) in [7, 11) is 0.255. The lowest BCUT2D eigenvalue weighted by atomic mass is 9.90. The quantitative estimate of drug-likeness (QED) is 0.0893. The Balaban J connectivity index is 0.000000249. The molecular weight excluding hydrogens is 1370 g/mol. The van der Waals surface area contributed by atoms with Gasteiger partial charge in [0.15, 0.2) is 25.0 Å². The largest absolute Gasteiger partial charge is 0.421 e. The second kappa shape index (κ2) is 40.1. The van der Waals surface area contributed by atoms with Crippen molar-refractivity contribution < 1.29 is 31.0 Å². The van der Waals surface area contributed by atoms with Gasteiger partial charge in [-0.25, -0.2) is 0 Å². The van der Waals surface area contributed by atoms with Crippen LogP contribution in [0.5, 0.6) is 0 Å². The van der Waals surface area contributed by atoms with Crippen LogP contribution in [0, 0.1) is 0 Å². The average Bonchev–Trinajstić information content (AvgIpc) is 1.60. The lowest BCUT2D eigenvalue weighted by molar-refractivity contribution is 0.378. The summed E-state index contributed by atoms with van der Waals surface area (Å²) >= 11 is 0. The summed E-state index contributed by atoms with van der Waals surface area (Å²) in [5.74, 6) is 0. The molecule has 552 valence electrons. The molecular formula is C86H134O7Si8. The van der Waals surface area contributed by atoms with E-state index >= 15 is 0 Å². The molecule has 0 aromatic heterocycles. The second-order valence-corrected chi connectivity index (χ2v) is 66.6. The third-order valence-corrected chi connectivity index (χ3v) is 54.3. The van der Waals surface area contributed by atoms with Crippen LogP contribution in [0.15, 0.2) is 218 Å². The van der Waals surface area contributed by atoms with E-state index in [4.69, 9.17) is 31.0 Å². The fraction of sp³-hybridized carbons (Fsp3) is 0.442. The molecule has 11 rings (SSSR count). The Labute approximate surface area is 624 Å². The molecule has 8 aromatic rings. The van der Waals surface area contributed by atoms with Crippen LogP contribution in [-0.2, 0) is 31.0 Å². The van der Waals surface area contributed by atoms with Crippen molar-refractivity contribution in [2.75, 3.05) is 49.8 Å². The van der Waals surface area contributed by atoms with Gasteiger partial charge in [-0.2, -0.15) is 0 Å². The summed E-state index contributed by atoms with van der Waals surface area (Å²) in [5, 5.41) is 11.6. The van der Waals surface area contributed by atoms with Crippen LogP contribution in [0.1, 0.15) is 94.4 Å². The summed E-state index contributed by atoms with van der Waals surface area (Å²) in [6.07, 6.45) is 7.47. The highest BCUT2D eigenvalue weighted by molar-refractivity contribution is 7.01. The van der Waals surface area contributed by atoms with E-state index in [2.05, 4.69) is 335 Å². The van der Waals surface area contributed by atoms with Crippen LogP contribution in [0.25, 0.3) is 22.3 Å². The van der Waals surface area contributed by atoms with E-state index < -0.39 is 66.3 Å². The molecule has 0 N–H and O–H groups in total. The first-order chi connectivity index (χ1) is 47.5. The first-order valence-corrected chi connectivity index (χ1v) is 58.6. The van der Waals surface area contributed by atoms with Gasteiger partial charge in [-0.3, -0.25) is 0 Å². The zero-order valence-corrected chi connectivity index (χ0v) is 76.0. The highest BCUT2D eigenvalue weighted by Gasteiger charge is 2.44. The molecule has 0 bridgehead atoms. The van der Waals surface area contributed by atoms with Crippen molar-refractivity contribution >= 4 is 108 Å². The van der Waals surface area contributed by atoms with Crippen LogP contribution in [0.3, 0.4) is 0 Å².